The topological polar surface area (TPSA) is 40.0 Å². The van der Waals surface area contributed by atoms with Crippen molar-refractivity contribution in [2.45, 2.75) is 20.1 Å². The summed E-state index contributed by atoms with van der Waals surface area (Å²) in [6.07, 6.45) is -3.59. The molecule has 0 saturated heterocycles. The number of hydrogen-bond donors (Lipinski definition) is 0. The Bertz CT molecular complexity index is 460. The Morgan fingerprint density at radius 2 is 2.06 bits per heavy atom. The molecule has 1 heterocycles. The van der Waals surface area contributed by atoms with Gasteiger partial charge in [0, 0.05) is 5.56 Å². The molecular formula is C11H11F2NO3. The lowest BCUT2D eigenvalue weighted by Gasteiger charge is -2.04. The summed E-state index contributed by atoms with van der Waals surface area (Å²) in [4.78, 5) is 4.88. The van der Waals surface area contributed by atoms with Crippen LogP contribution in [-0.2, 0) is 4.84 Å². The number of alkyl halides is 2. The summed E-state index contributed by atoms with van der Waals surface area (Å²) in [5, 5.41) is 3.81. The number of fused-ring (bicyclic) bond motifs is 1. The normalized spacial score (nSPS) is 17.1. The summed E-state index contributed by atoms with van der Waals surface area (Å²) in [5.41, 5.74) is 1.21. The van der Waals surface area contributed by atoms with Crippen LogP contribution in [0.2, 0.25) is 0 Å². The fourth-order valence-electron chi connectivity index (χ4n) is 1.39. The fourth-order valence-corrected chi connectivity index (χ4v) is 1.39. The van der Waals surface area contributed by atoms with Gasteiger partial charge in [-0.25, -0.2) is 0 Å². The maximum atomic E-state index is 12.8. The van der Waals surface area contributed by atoms with Crippen LogP contribution in [0.4, 0.5) is 8.78 Å². The van der Waals surface area contributed by atoms with Crippen molar-refractivity contribution in [3.63, 3.8) is 0 Å². The fraction of sp³-hybridized carbons (Fsp3) is 0.364. The second kappa shape index (κ2) is 4.20. The van der Waals surface area contributed by atoms with E-state index < -0.39 is 6.29 Å². The third-order valence-corrected chi connectivity index (χ3v) is 2.15. The monoisotopic (exact) mass is 243 g/mol. The Labute approximate surface area is 96.8 Å². The molecule has 2 rings (SSSR count). The molecule has 0 radical (unpaired) electrons. The van der Waals surface area contributed by atoms with Gasteiger partial charge in [0.2, 0.25) is 0 Å². The molecule has 0 aliphatic carbocycles. The Balaban J connectivity index is 2.25. The van der Waals surface area contributed by atoms with Gasteiger partial charge in [0.25, 0.3) is 0 Å². The van der Waals surface area contributed by atoms with Crippen molar-refractivity contribution in [1.82, 2.24) is 0 Å². The summed E-state index contributed by atoms with van der Waals surface area (Å²) in [6.45, 7) is 3.96. The third-order valence-electron chi connectivity index (χ3n) is 2.15. The third kappa shape index (κ3) is 2.46. The zero-order valence-electron chi connectivity index (χ0n) is 9.37. The van der Waals surface area contributed by atoms with Gasteiger partial charge >= 0.3 is 6.29 Å². The Kier molecular flexibility index (Phi) is 2.87. The molecule has 1 aromatic carbocycles. The number of halogens is 2. The maximum absolute atomic E-state index is 12.8. The molecule has 1 aliphatic heterocycles. The zero-order valence-corrected chi connectivity index (χ0v) is 9.37. The van der Waals surface area contributed by atoms with E-state index in [1.54, 1.807) is 19.9 Å². The van der Waals surface area contributed by atoms with Crippen LogP contribution in [0, 0.1) is 0 Å². The van der Waals surface area contributed by atoms with Crippen molar-refractivity contribution in [2.24, 2.45) is 5.16 Å². The first-order valence-corrected chi connectivity index (χ1v) is 5.08. The number of rotatable bonds is 3. The number of hydrogen-bond acceptors (Lipinski definition) is 4. The summed E-state index contributed by atoms with van der Waals surface area (Å²) in [6, 6.07) is 4.46. The number of oxime groups is 1. The van der Waals surface area contributed by atoms with Crippen LogP contribution in [0.3, 0.4) is 0 Å². The largest absolute Gasteiger partial charge is 0.586 e. The first-order valence-electron chi connectivity index (χ1n) is 5.08. The minimum atomic E-state index is -3.59. The van der Waals surface area contributed by atoms with E-state index in [0.29, 0.717) is 17.9 Å². The van der Waals surface area contributed by atoms with E-state index in [-0.39, 0.29) is 11.5 Å². The van der Waals surface area contributed by atoms with Crippen LogP contribution in [0.15, 0.2) is 23.4 Å². The highest BCUT2D eigenvalue weighted by Crippen LogP contribution is 2.41. The van der Waals surface area contributed by atoms with Crippen LogP contribution in [-0.4, -0.2) is 18.6 Å². The van der Waals surface area contributed by atoms with Gasteiger partial charge in [-0.1, -0.05) is 5.16 Å². The molecule has 92 valence electrons. The van der Waals surface area contributed by atoms with Gasteiger partial charge in [-0.15, -0.1) is 8.78 Å². The molecule has 17 heavy (non-hydrogen) atoms. The van der Waals surface area contributed by atoms with Crippen molar-refractivity contribution in [1.29, 1.82) is 0 Å². The highest BCUT2D eigenvalue weighted by atomic mass is 19.3. The quantitative estimate of drug-likeness (QED) is 0.605. The predicted molar refractivity (Wildman–Crippen MR) is 56.5 cm³/mol. The van der Waals surface area contributed by atoms with Crippen molar-refractivity contribution < 1.29 is 23.1 Å². The van der Waals surface area contributed by atoms with E-state index in [2.05, 4.69) is 14.6 Å². The molecule has 0 spiro atoms. The molecule has 0 saturated carbocycles. The highest BCUT2D eigenvalue weighted by molar-refractivity contribution is 5.98. The standard InChI is InChI=1S/C11H11F2NO3/c1-3-15-14-7(2)8-4-5-9-10(6-8)17-11(12,13)16-9/h4-6H,3H2,1-2H3/b14-7+. The molecule has 0 atom stereocenters. The molecule has 1 aromatic rings. The number of benzene rings is 1. The van der Waals surface area contributed by atoms with Gasteiger partial charge in [-0.3, -0.25) is 0 Å². The number of ether oxygens (including phenoxy) is 2. The summed E-state index contributed by atoms with van der Waals surface area (Å²) < 4.78 is 34.2. The van der Waals surface area contributed by atoms with Gasteiger partial charge < -0.3 is 14.3 Å². The van der Waals surface area contributed by atoms with E-state index in [4.69, 9.17) is 4.84 Å². The van der Waals surface area contributed by atoms with Crippen molar-refractivity contribution in [3.05, 3.63) is 23.8 Å². The van der Waals surface area contributed by atoms with Gasteiger partial charge in [0.1, 0.15) is 6.61 Å². The first kappa shape index (κ1) is 11.6. The molecule has 1 aliphatic rings. The predicted octanol–water partition coefficient (Wildman–Crippen LogP) is 2.77. The summed E-state index contributed by atoms with van der Waals surface area (Å²) >= 11 is 0. The minimum Gasteiger partial charge on any atom is -0.396 e. The molecule has 0 aromatic heterocycles. The molecular weight excluding hydrogens is 232 g/mol. The Hall–Kier alpha value is -1.85. The molecule has 6 heteroatoms. The van der Waals surface area contributed by atoms with E-state index in [1.807, 2.05) is 0 Å². The smallest absolute Gasteiger partial charge is 0.396 e. The van der Waals surface area contributed by atoms with Crippen LogP contribution in [0.5, 0.6) is 11.5 Å². The molecule has 0 unspecified atom stereocenters. The molecule has 0 N–H and O–H groups in total. The van der Waals surface area contributed by atoms with Gasteiger partial charge in [0.15, 0.2) is 11.5 Å². The van der Waals surface area contributed by atoms with Crippen LogP contribution >= 0.6 is 0 Å². The molecule has 4 nitrogen and oxygen atoms in total. The lowest BCUT2D eigenvalue weighted by molar-refractivity contribution is -0.286. The van der Waals surface area contributed by atoms with Gasteiger partial charge in [-0.05, 0) is 32.0 Å². The lowest BCUT2D eigenvalue weighted by atomic mass is 10.1. The van der Waals surface area contributed by atoms with Gasteiger partial charge in [-0.2, -0.15) is 0 Å². The van der Waals surface area contributed by atoms with Crippen LogP contribution < -0.4 is 9.47 Å². The van der Waals surface area contributed by atoms with Crippen LogP contribution in [0.25, 0.3) is 0 Å². The average molecular weight is 243 g/mol. The van der Waals surface area contributed by atoms with Gasteiger partial charge in [0.05, 0.1) is 5.71 Å². The minimum absolute atomic E-state index is 0.00134. The molecule has 0 bridgehead atoms. The van der Waals surface area contributed by atoms with E-state index >= 15 is 0 Å². The summed E-state index contributed by atoms with van der Waals surface area (Å²) in [7, 11) is 0. The lowest BCUT2D eigenvalue weighted by Crippen LogP contribution is -2.25. The SMILES string of the molecule is CCO/N=C(\C)c1ccc2c(c1)OC(F)(F)O2. The first-order chi connectivity index (χ1) is 8.02. The highest BCUT2D eigenvalue weighted by Gasteiger charge is 2.43. The Morgan fingerprint density at radius 1 is 1.35 bits per heavy atom. The van der Waals surface area contributed by atoms with Crippen molar-refractivity contribution in [3.8, 4) is 11.5 Å². The van der Waals surface area contributed by atoms with Crippen molar-refractivity contribution in [2.75, 3.05) is 6.61 Å². The number of nitrogens with zero attached hydrogens (tertiary/aromatic N) is 1. The van der Waals surface area contributed by atoms with E-state index in [1.165, 1.54) is 12.1 Å². The Morgan fingerprint density at radius 3 is 2.76 bits per heavy atom. The zero-order chi connectivity index (χ0) is 12.5. The average Bonchev–Trinajstić information content (AvgIpc) is 2.58. The van der Waals surface area contributed by atoms with E-state index in [9.17, 15) is 8.78 Å². The second-order valence-corrected chi connectivity index (χ2v) is 3.42. The van der Waals surface area contributed by atoms with E-state index in [0.717, 1.165) is 0 Å². The maximum Gasteiger partial charge on any atom is 0.586 e. The van der Waals surface area contributed by atoms with Crippen molar-refractivity contribution >= 4 is 5.71 Å². The molecule has 0 amide bonds. The van der Waals surface area contributed by atoms with Crippen LogP contribution in [0.1, 0.15) is 19.4 Å². The molecule has 0 fully saturated rings. The second-order valence-electron chi connectivity index (χ2n) is 3.42. The summed E-state index contributed by atoms with van der Waals surface area (Å²) in [5.74, 6) is 0.0153.